The van der Waals surface area contributed by atoms with E-state index in [4.69, 9.17) is 0 Å². The van der Waals surface area contributed by atoms with Crippen LogP contribution in [-0.4, -0.2) is 18.9 Å². The van der Waals surface area contributed by atoms with Gasteiger partial charge in [0.2, 0.25) is 0 Å². The highest BCUT2D eigenvalue weighted by Gasteiger charge is 2.51. The van der Waals surface area contributed by atoms with E-state index < -0.39 is 9.84 Å². The first-order valence-electron chi connectivity index (χ1n) is 2.94. The zero-order valence-electron chi connectivity index (χ0n) is 4.50. The second kappa shape index (κ2) is 1.10. The van der Waals surface area contributed by atoms with Gasteiger partial charge in [-0.15, -0.1) is 0 Å². The van der Waals surface area contributed by atoms with E-state index >= 15 is 0 Å². The van der Waals surface area contributed by atoms with Gasteiger partial charge in [-0.25, -0.2) is 8.42 Å². The lowest BCUT2D eigenvalue weighted by atomic mass is 10.3. The lowest BCUT2D eigenvalue weighted by Gasteiger charge is -2.22. The van der Waals surface area contributed by atoms with Crippen LogP contribution in [0.25, 0.3) is 0 Å². The van der Waals surface area contributed by atoms with E-state index in [1.807, 2.05) is 0 Å². The molecule has 2 aliphatic heterocycles. The zero-order chi connectivity index (χ0) is 5.78. The van der Waals surface area contributed by atoms with Crippen molar-refractivity contribution in [3.05, 3.63) is 0 Å². The van der Waals surface area contributed by atoms with E-state index in [1.54, 1.807) is 0 Å². The Hall–Kier alpha value is -0.0500. The van der Waals surface area contributed by atoms with E-state index in [2.05, 4.69) is 0 Å². The molecule has 3 rings (SSSR count). The molecule has 0 radical (unpaired) electrons. The van der Waals surface area contributed by atoms with Crippen LogP contribution in [0.4, 0.5) is 0 Å². The van der Waals surface area contributed by atoms with Crippen LogP contribution in [0.3, 0.4) is 0 Å². The Labute approximate surface area is 48.8 Å². The van der Waals surface area contributed by atoms with Gasteiger partial charge >= 0.3 is 0 Å². The SMILES string of the molecule is O=S1(=O)C2CCC1C2. The predicted molar refractivity (Wildman–Crippen MR) is 30.3 cm³/mol. The molecule has 1 aliphatic carbocycles. The molecule has 46 valence electrons. The van der Waals surface area contributed by atoms with Gasteiger partial charge in [0.05, 0.1) is 10.5 Å². The maximum absolute atomic E-state index is 10.8. The molecular weight excluding hydrogens is 124 g/mol. The molecule has 2 atom stereocenters. The number of rotatable bonds is 0. The number of fused-ring (bicyclic) bond motifs is 1. The first-order valence-corrected chi connectivity index (χ1v) is 4.55. The Morgan fingerprint density at radius 1 is 1.12 bits per heavy atom. The average Bonchev–Trinajstić information content (AvgIpc) is 2.18. The highest BCUT2D eigenvalue weighted by molar-refractivity contribution is 7.94. The predicted octanol–water partition coefficient (Wildman–Crippen LogP) is 0.336. The average molecular weight is 132 g/mol. The van der Waals surface area contributed by atoms with Crippen LogP contribution in [0.15, 0.2) is 0 Å². The Morgan fingerprint density at radius 3 is 1.75 bits per heavy atom. The first kappa shape index (κ1) is 4.79. The smallest absolute Gasteiger partial charge is 0.156 e. The van der Waals surface area contributed by atoms with Crippen LogP contribution >= 0.6 is 0 Å². The van der Waals surface area contributed by atoms with Gasteiger partial charge in [-0.3, -0.25) is 0 Å². The minimum absolute atomic E-state index is 0.0764. The van der Waals surface area contributed by atoms with E-state index in [-0.39, 0.29) is 10.5 Å². The second-order valence-corrected chi connectivity index (χ2v) is 5.16. The van der Waals surface area contributed by atoms with Crippen molar-refractivity contribution in [3.8, 4) is 0 Å². The molecule has 0 amide bonds. The van der Waals surface area contributed by atoms with Crippen LogP contribution in [0.2, 0.25) is 0 Å². The lowest BCUT2D eigenvalue weighted by Crippen LogP contribution is -2.36. The topological polar surface area (TPSA) is 34.1 Å². The van der Waals surface area contributed by atoms with E-state index in [9.17, 15) is 8.42 Å². The first-order chi connectivity index (χ1) is 3.71. The lowest BCUT2D eigenvalue weighted by molar-refractivity contribution is 0.550. The quantitative estimate of drug-likeness (QED) is 0.476. The maximum Gasteiger partial charge on any atom is 0.156 e. The molecule has 0 N–H and O–H groups in total. The summed E-state index contributed by atoms with van der Waals surface area (Å²) in [6.07, 6.45) is 2.84. The summed E-state index contributed by atoms with van der Waals surface area (Å²) < 4.78 is 21.6. The van der Waals surface area contributed by atoms with Gasteiger partial charge in [-0.2, -0.15) is 0 Å². The van der Waals surface area contributed by atoms with Gasteiger partial charge < -0.3 is 0 Å². The minimum atomic E-state index is -2.53. The molecule has 1 saturated carbocycles. The molecule has 2 nitrogen and oxygen atoms in total. The molecule has 8 heavy (non-hydrogen) atoms. The third-order valence-corrected chi connectivity index (χ3v) is 4.98. The summed E-state index contributed by atoms with van der Waals surface area (Å²) in [5.41, 5.74) is 0. The van der Waals surface area contributed by atoms with Gasteiger partial charge in [0.25, 0.3) is 0 Å². The number of sulfone groups is 1. The van der Waals surface area contributed by atoms with Crippen molar-refractivity contribution >= 4 is 9.84 Å². The minimum Gasteiger partial charge on any atom is -0.228 e. The molecule has 0 aromatic rings. The van der Waals surface area contributed by atoms with Gasteiger partial charge in [0.15, 0.2) is 9.84 Å². The van der Waals surface area contributed by atoms with Gasteiger partial charge in [0.1, 0.15) is 0 Å². The van der Waals surface area contributed by atoms with E-state index in [0.29, 0.717) is 0 Å². The van der Waals surface area contributed by atoms with Crippen molar-refractivity contribution in [1.82, 2.24) is 0 Å². The van der Waals surface area contributed by atoms with Crippen molar-refractivity contribution in [2.75, 3.05) is 0 Å². The summed E-state index contributed by atoms with van der Waals surface area (Å²) >= 11 is 0. The van der Waals surface area contributed by atoms with Crippen LogP contribution in [-0.2, 0) is 9.84 Å². The van der Waals surface area contributed by atoms with Gasteiger partial charge in [0, 0.05) is 0 Å². The van der Waals surface area contributed by atoms with Crippen molar-refractivity contribution in [2.45, 2.75) is 29.8 Å². The normalized spacial score (nSPS) is 48.5. The molecule has 3 aliphatic rings. The summed E-state index contributed by atoms with van der Waals surface area (Å²) in [6, 6.07) is 0. The highest BCUT2D eigenvalue weighted by atomic mass is 32.2. The summed E-state index contributed by atoms with van der Waals surface area (Å²) in [5, 5.41) is 0.153. The van der Waals surface area contributed by atoms with Crippen molar-refractivity contribution in [3.63, 3.8) is 0 Å². The summed E-state index contributed by atoms with van der Waals surface area (Å²) in [6.45, 7) is 0. The Morgan fingerprint density at radius 2 is 1.62 bits per heavy atom. The van der Waals surface area contributed by atoms with Crippen LogP contribution in [0.5, 0.6) is 0 Å². The molecule has 2 heterocycles. The number of hydrogen-bond acceptors (Lipinski definition) is 2. The molecule has 3 heteroatoms. The van der Waals surface area contributed by atoms with E-state index in [0.717, 1.165) is 19.3 Å². The van der Waals surface area contributed by atoms with Gasteiger partial charge in [-0.1, -0.05) is 0 Å². The van der Waals surface area contributed by atoms with Crippen molar-refractivity contribution in [2.24, 2.45) is 0 Å². The fourth-order valence-electron chi connectivity index (χ4n) is 1.65. The second-order valence-electron chi connectivity index (χ2n) is 2.65. The molecule has 2 unspecified atom stereocenters. The third-order valence-electron chi connectivity index (χ3n) is 2.27. The molecular formula is C5H8O2S. The standard InChI is InChI=1S/C5H8O2S/c6-8(7)4-1-2-5(8)3-4/h4-5H,1-3H2. The number of hydrogen-bond donors (Lipinski definition) is 0. The van der Waals surface area contributed by atoms with Gasteiger partial charge in [-0.05, 0) is 19.3 Å². The zero-order valence-corrected chi connectivity index (χ0v) is 5.32. The highest BCUT2D eigenvalue weighted by Crippen LogP contribution is 2.43. The van der Waals surface area contributed by atoms with Crippen LogP contribution in [0.1, 0.15) is 19.3 Å². The Bertz CT molecular complexity index is 184. The fraction of sp³-hybridized carbons (Fsp3) is 1.00. The Balaban J connectivity index is 2.49. The fourth-order valence-corrected chi connectivity index (χ4v) is 3.76. The molecule has 0 aromatic carbocycles. The molecule has 2 bridgehead atoms. The monoisotopic (exact) mass is 132 g/mol. The maximum atomic E-state index is 10.8. The summed E-state index contributed by atoms with van der Waals surface area (Å²) in [4.78, 5) is 0. The van der Waals surface area contributed by atoms with Crippen molar-refractivity contribution in [1.29, 1.82) is 0 Å². The van der Waals surface area contributed by atoms with Crippen LogP contribution in [0, 0.1) is 0 Å². The molecule has 3 fully saturated rings. The van der Waals surface area contributed by atoms with Crippen LogP contribution < -0.4 is 0 Å². The largest absolute Gasteiger partial charge is 0.228 e. The Kier molecular flexibility index (Phi) is 0.660. The van der Waals surface area contributed by atoms with E-state index in [1.165, 1.54) is 0 Å². The third kappa shape index (κ3) is 0.332. The summed E-state index contributed by atoms with van der Waals surface area (Å²) in [5.74, 6) is 0. The van der Waals surface area contributed by atoms with Crippen molar-refractivity contribution < 1.29 is 8.42 Å². The summed E-state index contributed by atoms with van der Waals surface area (Å²) in [7, 11) is -2.53. The molecule has 0 aromatic heterocycles. The molecule has 2 saturated heterocycles. The molecule has 0 spiro atoms.